The molecule has 10 rings (SSSR count). The standard InChI is InChI=1S/C31H29ClN6O.C18H23N3.C6H5Cl.H4N2.H3N.H2O/c32-25-9-4-8-24(20-25)28-22-33-38-15-13-29(35-30(28)38)31(39)34-26-10-5-11-27(21-26)37-18-16-36(17-19-37)14-12-23-6-2-1-3-7-23;19-17-7-4-8-18(15-17)21-13-11-20(12-14-21)10-9-16-5-2-1-3-6-16;7-6-4-2-1-3-5-6;1-2;;/h1-11,13,15,20-22H,12,14,16-19H2,(H,34,39);1-8,15H,9-14,19H2;1-5H;1-2H2;1H3;1H2. The highest BCUT2D eigenvalue weighted by molar-refractivity contribution is 6.31. The van der Waals surface area contributed by atoms with Crippen molar-refractivity contribution in [3.63, 3.8) is 0 Å². The summed E-state index contributed by atoms with van der Waals surface area (Å²) in [5.41, 5.74) is 15.3. The fraction of sp³-hybridized carbons (Fsp3) is 0.218. The SMILES string of the molecule is Clc1ccccc1.N.NN.Nc1cccc(N2CCN(CCc3ccccc3)CC2)c1.O.O=C(Nc1cccc(N2CCN(CCc3ccccc3)CC2)c1)c1ccn2ncc(-c3cccc(Cl)c3)c2n1. The van der Waals surface area contributed by atoms with Gasteiger partial charge in [-0.05, 0) is 96.3 Å². The maximum absolute atomic E-state index is 13.2. The summed E-state index contributed by atoms with van der Waals surface area (Å²) in [5.74, 6) is 7.73. The number of nitrogens with two attached hydrogens (primary N) is 3. The number of rotatable bonds is 11. The van der Waals surface area contributed by atoms with Crippen LogP contribution in [0.25, 0.3) is 16.8 Å². The van der Waals surface area contributed by atoms with Gasteiger partial charge in [0.05, 0.1) is 6.20 Å². The van der Waals surface area contributed by atoms with Gasteiger partial charge in [-0.15, -0.1) is 0 Å². The Morgan fingerprint density at radius 2 is 1.08 bits per heavy atom. The van der Waals surface area contributed by atoms with Crippen LogP contribution in [0.3, 0.4) is 0 Å². The zero-order valence-corrected chi connectivity index (χ0v) is 41.6. The van der Waals surface area contributed by atoms with Crippen LogP contribution in [0, 0.1) is 0 Å². The molecule has 0 spiro atoms. The number of hydrogen-bond acceptors (Lipinski definition) is 11. The monoisotopic (exact) mass is 996 g/mol. The molecule has 0 atom stereocenters. The van der Waals surface area contributed by atoms with Crippen molar-refractivity contribution in [3.05, 3.63) is 209 Å². The Morgan fingerprint density at radius 3 is 1.61 bits per heavy atom. The Labute approximate surface area is 427 Å². The Hall–Kier alpha value is -6.85. The average Bonchev–Trinajstić information content (AvgIpc) is 3.83. The lowest BCUT2D eigenvalue weighted by Crippen LogP contribution is -2.47. The predicted molar refractivity (Wildman–Crippen MR) is 295 cm³/mol. The van der Waals surface area contributed by atoms with Gasteiger partial charge >= 0.3 is 0 Å². The van der Waals surface area contributed by atoms with Gasteiger partial charge in [0.25, 0.3) is 5.91 Å². The number of carbonyl (C=O) groups excluding carboxylic acids is 1. The van der Waals surface area contributed by atoms with Crippen LogP contribution < -0.4 is 38.7 Å². The summed E-state index contributed by atoms with van der Waals surface area (Å²) in [6.07, 6.45) is 5.70. The highest BCUT2D eigenvalue weighted by Gasteiger charge is 2.20. The van der Waals surface area contributed by atoms with Crippen molar-refractivity contribution < 1.29 is 10.3 Å². The number of fused-ring (bicyclic) bond motifs is 1. The molecule has 71 heavy (non-hydrogen) atoms. The summed E-state index contributed by atoms with van der Waals surface area (Å²) in [6.45, 7) is 10.6. The molecule has 4 heterocycles. The number of nitrogens with one attached hydrogen (secondary N) is 1. The molecule has 0 aliphatic carbocycles. The molecule has 6 aromatic carbocycles. The van der Waals surface area contributed by atoms with E-state index in [0.717, 1.165) is 112 Å². The fourth-order valence-electron chi connectivity index (χ4n) is 8.29. The van der Waals surface area contributed by atoms with Crippen LogP contribution in [0.15, 0.2) is 182 Å². The summed E-state index contributed by atoms with van der Waals surface area (Å²) in [5, 5.41) is 8.82. The Balaban J connectivity index is 0.000000245. The van der Waals surface area contributed by atoms with Gasteiger partial charge in [-0.3, -0.25) is 26.3 Å². The van der Waals surface area contributed by atoms with Gasteiger partial charge in [-0.1, -0.05) is 126 Å². The predicted octanol–water partition coefficient (Wildman–Crippen LogP) is 8.80. The largest absolute Gasteiger partial charge is 0.412 e. The van der Waals surface area contributed by atoms with Gasteiger partial charge in [0.15, 0.2) is 5.65 Å². The lowest BCUT2D eigenvalue weighted by atomic mass is 10.1. The topological polar surface area (TPSA) is 217 Å². The zero-order valence-electron chi connectivity index (χ0n) is 40.0. The molecule has 2 aliphatic rings. The highest BCUT2D eigenvalue weighted by Crippen LogP contribution is 2.27. The van der Waals surface area contributed by atoms with Gasteiger partial charge in [-0.25, -0.2) is 9.50 Å². The number of carbonyl (C=O) groups is 1. The molecule has 2 saturated heterocycles. The van der Waals surface area contributed by atoms with Crippen molar-refractivity contribution in [2.45, 2.75) is 12.8 Å². The van der Waals surface area contributed by atoms with Gasteiger partial charge in [0.2, 0.25) is 0 Å². The molecule has 16 heteroatoms. The van der Waals surface area contributed by atoms with Crippen molar-refractivity contribution in [1.29, 1.82) is 0 Å². The Kier molecular flexibility index (Phi) is 22.3. The third kappa shape index (κ3) is 16.6. The molecule has 372 valence electrons. The molecular formula is C55H66Cl2N12O2. The summed E-state index contributed by atoms with van der Waals surface area (Å²) in [6, 6.07) is 56.2. The van der Waals surface area contributed by atoms with E-state index >= 15 is 0 Å². The molecule has 0 unspecified atom stereocenters. The number of halogens is 2. The average molecular weight is 998 g/mol. The van der Waals surface area contributed by atoms with Gasteiger partial charge < -0.3 is 32.5 Å². The fourth-order valence-corrected chi connectivity index (χ4v) is 8.63. The second-order valence-corrected chi connectivity index (χ2v) is 17.5. The van der Waals surface area contributed by atoms with E-state index in [2.05, 4.69) is 126 Å². The molecule has 0 bridgehead atoms. The van der Waals surface area contributed by atoms with Crippen molar-refractivity contribution in [2.24, 2.45) is 11.7 Å². The number of piperazine rings is 2. The number of aromatic nitrogens is 3. The number of benzene rings is 6. The second-order valence-electron chi connectivity index (χ2n) is 16.7. The number of anilines is 4. The molecule has 2 fully saturated rings. The molecule has 12 N–H and O–H groups in total. The summed E-state index contributed by atoms with van der Waals surface area (Å²) < 4.78 is 1.66. The van der Waals surface area contributed by atoms with Crippen LogP contribution in [-0.4, -0.2) is 101 Å². The third-order valence-corrected chi connectivity index (χ3v) is 12.5. The number of nitrogen functional groups attached to an aromatic ring is 1. The molecule has 14 nitrogen and oxygen atoms in total. The Morgan fingerprint density at radius 1 is 0.577 bits per heavy atom. The van der Waals surface area contributed by atoms with Gasteiger partial charge in [0, 0.05) is 110 Å². The maximum atomic E-state index is 13.2. The minimum absolute atomic E-state index is 0. The lowest BCUT2D eigenvalue weighted by Gasteiger charge is -2.36. The molecule has 2 aromatic heterocycles. The van der Waals surface area contributed by atoms with Crippen LogP contribution in [0.5, 0.6) is 0 Å². The second kappa shape index (κ2) is 28.7. The smallest absolute Gasteiger partial charge is 0.274 e. The Bertz CT molecular complexity index is 2790. The van der Waals surface area contributed by atoms with E-state index in [4.69, 9.17) is 28.9 Å². The molecule has 0 radical (unpaired) electrons. The minimum atomic E-state index is -0.265. The lowest BCUT2D eigenvalue weighted by molar-refractivity contribution is 0.102. The number of nitrogens with zero attached hydrogens (tertiary/aromatic N) is 7. The number of amides is 1. The van der Waals surface area contributed by atoms with Crippen LogP contribution in [-0.2, 0) is 12.8 Å². The quantitative estimate of drug-likeness (QED) is 0.0469. The van der Waals surface area contributed by atoms with Crippen molar-refractivity contribution in [2.75, 3.05) is 86.3 Å². The van der Waals surface area contributed by atoms with Gasteiger partial charge in [-0.2, -0.15) is 5.10 Å². The first kappa shape index (κ1) is 55.1. The van der Waals surface area contributed by atoms with E-state index in [9.17, 15) is 4.79 Å². The summed E-state index contributed by atoms with van der Waals surface area (Å²) in [7, 11) is 0. The first-order valence-corrected chi connectivity index (χ1v) is 24.0. The van der Waals surface area contributed by atoms with E-state index in [0.29, 0.717) is 16.4 Å². The zero-order chi connectivity index (χ0) is 48.2. The van der Waals surface area contributed by atoms with E-state index in [1.54, 1.807) is 23.0 Å². The third-order valence-electron chi connectivity index (χ3n) is 12.0. The van der Waals surface area contributed by atoms with E-state index in [1.165, 1.54) is 16.8 Å². The first-order chi connectivity index (χ1) is 33.8. The maximum Gasteiger partial charge on any atom is 0.274 e. The first-order valence-electron chi connectivity index (χ1n) is 23.3. The molecule has 0 saturated carbocycles. The van der Waals surface area contributed by atoms with Crippen LogP contribution in [0.1, 0.15) is 21.6 Å². The normalized spacial score (nSPS) is 13.4. The molecule has 2 aliphatic heterocycles. The molecule has 1 amide bonds. The summed E-state index contributed by atoms with van der Waals surface area (Å²) >= 11 is 11.7. The van der Waals surface area contributed by atoms with Crippen LogP contribution in [0.4, 0.5) is 22.7 Å². The molecule has 8 aromatic rings. The van der Waals surface area contributed by atoms with E-state index in [-0.39, 0.29) is 17.5 Å². The van der Waals surface area contributed by atoms with Crippen molar-refractivity contribution in [1.82, 2.24) is 30.5 Å². The summed E-state index contributed by atoms with van der Waals surface area (Å²) in [4.78, 5) is 27.7. The van der Waals surface area contributed by atoms with E-state index in [1.807, 2.05) is 84.9 Å². The van der Waals surface area contributed by atoms with Crippen molar-refractivity contribution in [3.8, 4) is 11.1 Å². The number of hydrazine groups is 1. The van der Waals surface area contributed by atoms with Gasteiger partial charge in [0.1, 0.15) is 5.69 Å². The molecular weight excluding hydrogens is 932 g/mol. The van der Waals surface area contributed by atoms with Crippen LogP contribution >= 0.6 is 23.2 Å². The minimum Gasteiger partial charge on any atom is -0.412 e. The van der Waals surface area contributed by atoms with E-state index < -0.39 is 0 Å². The van der Waals surface area contributed by atoms with Crippen molar-refractivity contribution >= 4 is 57.5 Å². The highest BCUT2D eigenvalue weighted by atomic mass is 35.5. The van der Waals surface area contributed by atoms with Crippen LogP contribution in [0.2, 0.25) is 10.0 Å². The number of hydrogen-bond donors (Lipinski definition) is 5.